The Hall–Kier alpha value is -3.27. The molecule has 1 atom stereocenters. The summed E-state index contributed by atoms with van der Waals surface area (Å²) in [5.41, 5.74) is -0.820. The first-order valence-corrected chi connectivity index (χ1v) is 9.36. The Morgan fingerprint density at radius 2 is 2.18 bits per heavy atom. The maximum atomic E-state index is 12.7. The van der Waals surface area contributed by atoms with E-state index in [0.717, 1.165) is 4.88 Å². The van der Waals surface area contributed by atoms with E-state index in [1.807, 2.05) is 17.5 Å². The SMILES string of the molecule is CCn1c(=O)[nH]c(=O)c2cc(C(=O)N[C@@H](CC(=O)OC)c3cccs3)cnc21. The standard InChI is InChI=1S/C18H18N4O5S/c1-3-22-15-11(17(25)21-18(22)26)7-10(9-19-15)16(24)20-12(8-14(23)27-2)13-5-4-6-28-13/h4-7,9,12H,3,8H2,1-2H3,(H,20,24)(H,21,25,26)/t12-/m0/s1. The van der Waals surface area contributed by atoms with Crippen molar-refractivity contribution in [2.45, 2.75) is 25.9 Å². The van der Waals surface area contributed by atoms with Crippen molar-refractivity contribution in [1.82, 2.24) is 19.9 Å². The number of aromatic amines is 1. The average Bonchev–Trinajstić information content (AvgIpc) is 3.22. The van der Waals surface area contributed by atoms with Crippen LogP contribution in [0.15, 0.2) is 39.4 Å². The summed E-state index contributed by atoms with van der Waals surface area (Å²) in [6.07, 6.45) is 1.27. The molecule has 0 bridgehead atoms. The molecule has 9 nitrogen and oxygen atoms in total. The fraction of sp³-hybridized carbons (Fsp3) is 0.278. The lowest BCUT2D eigenvalue weighted by Gasteiger charge is -2.16. The number of rotatable bonds is 6. The molecule has 3 heterocycles. The first-order valence-electron chi connectivity index (χ1n) is 8.48. The van der Waals surface area contributed by atoms with Gasteiger partial charge in [-0.2, -0.15) is 0 Å². The summed E-state index contributed by atoms with van der Waals surface area (Å²) >= 11 is 1.40. The van der Waals surface area contributed by atoms with Crippen molar-refractivity contribution in [1.29, 1.82) is 0 Å². The van der Waals surface area contributed by atoms with Gasteiger partial charge in [-0.05, 0) is 24.4 Å². The highest BCUT2D eigenvalue weighted by atomic mass is 32.1. The van der Waals surface area contributed by atoms with Crippen LogP contribution in [0.4, 0.5) is 0 Å². The number of amides is 1. The van der Waals surface area contributed by atoms with E-state index in [9.17, 15) is 19.2 Å². The molecule has 0 fully saturated rings. The van der Waals surface area contributed by atoms with Gasteiger partial charge in [0.2, 0.25) is 0 Å². The third kappa shape index (κ3) is 3.86. The molecule has 0 saturated carbocycles. The lowest BCUT2D eigenvalue weighted by molar-refractivity contribution is -0.141. The minimum absolute atomic E-state index is 0.0281. The Labute approximate surface area is 163 Å². The number of thiophene rings is 1. The molecule has 0 unspecified atom stereocenters. The van der Waals surface area contributed by atoms with Gasteiger partial charge in [0.1, 0.15) is 5.65 Å². The molecular formula is C18H18N4O5S. The number of hydrogen-bond acceptors (Lipinski definition) is 7. The molecule has 3 aromatic rings. The van der Waals surface area contributed by atoms with E-state index >= 15 is 0 Å². The summed E-state index contributed by atoms with van der Waals surface area (Å²) in [6, 6.07) is 4.43. The topological polar surface area (TPSA) is 123 Å². The number of aryl methyl sites for hydroxylation is 1. The molecular weight excluding hydrogens is 384 g/mol. The molecule has 0 saturated heterocycles. The summed E-state index contributed by atoms with van der Waals surface area (Å²) in [6.45, 7) is 2.07. The molecule has 0 radical (unpaired) electrons. The van der Waals surface area contributed by atoms with Crippen LogP contribution in [0.1, 0.15) is 34.6 Å². The highest BCUT2D eigenvalue weighted by Crippen LogP contribution is 2.23. The molecule has 3 rings (SSSR count). The van der Waals surface area contributed by atoms with Gasteiger partial charge < -0.3 is 10.1 Å². The van der Waals surface area contributed by atoms with Crippen LogP contribution in [0.5, 0.6) is 0 Å². The largest absolute Gasteiger partial charge is 0.469 e. The molecule has 146 valence electrons. The van der Waals surface area contributed by atoms with Gasteiger partial charge in [-0.25, -0.2) is 9.78 Å². The van der Waals surface area contributed by atoms with E-state index in [2.05, 4.69) is 15.3 Å². The Kier molecular flexibility index (Phi) is 5.69. The summed E-state index contributed by atoms with van der Waals surface area (Å²) in [7, 11) is 1.28. The van der Waals surface area contributed by atoms with Crippen LogP contribution >= 0.6 is 11.3 Å². The zero-order valence-corrected chi connectivity index (χ0v) is 16.0. The fourth-order valence-corrected chi connectivity index (χ4v) is 3.57. The number of methoxy groups -OCH3 is 1. The molecule has 28 heavy (non-hydrogen) atoms. The molecule has 10 heteroatoms. The lowest BCUT2D eigenvalue weighted by atomic mass is 10.1. The van der Waals surface area contributed by atoms with E-state index in [1.54, 1.807) is 6.92 Å². The molecule has 1 amide bonds. The molecule has 0 aliphatic carbocycles. The smallest absolute Gasteiger partial charge is 0.329 e. The Bertz CT molecular complexity index is 1130. The second-order valence-corrected chi connectivity index (χ2v) is 6.90. The van der Waals surface area contributed by atoms with E-state index < -0.39 is 29.2 Å². The summed E-state index contributed by atoms with van der Waals surface area (Å²) < 4.78 is 6.01. The Morgan fingerprint density at radius 3 is 2.82 bits per heavy atom. The van der Waals surface area contributed by atoms with Crippen molar-refractivity contribution in [3.63, 3.8) is 0 Å². The monoisotopic (exact) mass is 402 g/mol. The predicted molar refractivity (Wildman–Crippen MR) is 103 cm³/mol. The van der Waals surface area contributed by atoms with Crippen LogP contribution in [-0.2, 0) is 16.1 Å². The number of esters is 1. The number of aromatic nitrogens is 3. The normalized spacial score (nSPS) is 11.9. The second-order valence-electron chi connectivity index (χ2n) is 5.92. The van der Waals surface area contributed by atoms with Crippen molar-refractivity contribution < 1.29 is 14.3 Å². The predicted octanol–water partition coefficient (Wildman–Crippen LogP) is 1.20. The van der Waals surface area contributed by atoms with E-state index in [0.29, 0.717) is 6.54 Å². The highest BCUT2D eigenvalue weighted by Gasteiger charge is 2.21. The first kappa shape index (κ1) is 19.5. The maximum absolute atomic E-state index is 12.7. The van der Waals surface area contributed by atoms with Crippen LogP contribution in [0.25, 0.3) is 11.0 Å². The van der Waals surface area contributed by atoms with Crippen molar-refractivity contribution in [2.24, 2.45) is 0 Å². The summed E-state index contributed by atoms with van der Waals surface area (Å²) in [5.74, 6) is -0.955. The van der Waals surface area contributed by atoms with Gasteiger partial charge in [-0.15, -0.1) is 11.3 Å². The van der Waals surface area contributed by atoms with Crippen molar-refractivity contribution in [3.8, 4) is 0 Å². The van der Waals surface area contributed by atoms with Crippen molar-refractivity contribution >= 4 is 34.2 Å². The van der Waals surface area contributed by atoms with Crippen LogP contribution in [0, 0.1) is 0 Å². The number of carbonyl (C=O) groups is 2. The van der Waals surface area contributed by atoms with Crippen LogP contribution in [0.2, 0.25) is 0 Å². The van der Waals surface area contributed by atoms with Gasteiger partial charge >= 0.3 is 11.7 Å². The van der Waals surface area contributed by atoms with Crippen LogP contribution in [0.3, 0.4) is 0 Å². The second kappa shape index (κ2) is 8.17. The summed E-state index contributed by atoms with van der Waals surface area (Å²) in [4.78, 5) is 55.6. The number of carbonyl (C=O) groups excluding carboxylic acids is 2. The van der Waals surface area contributed by atoms with Gasteiger partial charge in [0, 0.05) is 17.6 Å². The number of hydrogen-bond donors (Lipinski definition) is 2. The van der Waals surface area contributed by atoms with E-state index in [4.69, 9.17) is 4.74 Å². The molecule has 3 aromatic heterocycles. The third-order valence-electron chi connectivity index (χ3n) is 4.20. The zero-order chi connectivity index (χ0) is 20.3. The lowest BCUT2D eigenvalue weighted by Crippen LogP contribution is -2.32. The minimum Gasteiger partial charge on any atom is -0.469 e. The van der Waals surface area contributed by atoms with Gasteiger partial charge in [0.05, 0.1) is 30.5 Å². The van der Waals surface area contributed by atoms with Crippen molar-refractivity contribution in [2.75, 3.05) is 7.11 Å². The Morgan fingerprint density at radius 1 is 1.39 bits per heavy atom. The number of fused-ring (bicyclic) bond motifs is 1. The third-order valence-corrected chi connectivity index (χ3v) is 5.19. The maximum Gasteiger partial charge on any atom is 0.329 e. The number of pyridine rings is 1. The van der Waals surface area contributed by atoms with Gasteiger partial charge in [0.25, 0.3) is 11.5 Å². The van der Waals surface area contributed by atoms with Gasteiger partial charge in [-0.1, -0.05) is 6.07 Å². The Balaban J connectivity index is 1.95. The minimum atomic E-state index is -0.615. The first-order chi connectivity index (χ1) is 13.4. The molecule has 0 aromatic carbocycles. The molecule has 0 aliphatic rings. The van der Waals surface area contributed by atoms with Crippen LogP contribution in [-0.4, -0.2) is 33.5 Å². The zero-order valence-electron chi connectivity index (χ0n) is 15.2. The number of ether oxygens (including phenoxy) is 1. The molecule has 0 spiro atoms. The number of nitrogens with zero attached hydrogens (tertiary/aromatic N) is 2. The van der Waals surface area contributed by atoms with Gasteiger partial charge in [0.15, 0.2) is 0 Å². The molecule has 2 N–H and O–H groups in total. The molecule has 0 aliphatic heterocycles. The number of nitrogens with one attached hydrogen (secondary N) is 2. The van der Waals surface area contributed by atoms with Gasteiger partial charge in [-0.3, -0.25) is 23.9 Å². The number of H-pyrrole nitrogens is 1. The van der Waals surface area contributed by atoms with Crippen LogP contribution < -0.4 is 16.6 Å². The summed E-state index contributed by atoms with van der Waals surface area (Å²) in [5, 5.41) is 4.75. The quantitative estimate of drug-likeness (QED) is 0.597. The highest BCUT2D eigenvalue weighted by molar-refractivity contribution is 7.10. The van der Waals surface area contributed by atoms with E-state index in [-0.39, 0.29) is 23.0 Å². The average molecular weight is 402 g/mol. The fourth-order valence-electron chi connectivity index (χ4n) is 2.79. The van der Waals surface area contributed by atoms with E-state index in [1.165, 1.54) is 35.3 Å². The van der Waals surface area contributed by atoms with Crippen molar-refractivity contribution in [3.05, 3.63) is 61.1 Å².